The Labute approximate surface area is 275 Å². The fourth-order valence-corrected chi connectivity index (χ4v) is 6.07. The number of rotatable bonds is 12. The van der Waals surface area contributed by atoms with Gasteiger partial charge in [-0.1, -0.05) is 36.8 Å². The van der Waals surface area contributed by atoms with E-state index in [4.69, 9.17) is 24.7 Å². The fourth-order valence-electron chi connectivity index (χ4n) is 6.07. The van der Waals surface area contributed by atoms with Gasteiger partial charge in [0.15, 0.2) is 0 Å². The van der Waals surface area contributed by atoms with Crippen LogP contribution in [0.1, 0.15) is 65.9 Å². The third kappa shape index (κ3) is 10.5. The van der Waals surface area contributed by atoms with Crippen molar-refractivity contribution < 1.29 is 42.8 Å². The van der Waals surface area contributed by atoms with Crippen LogP contribution in [0.15, 0.2) is 54.2 Å². The molecule has 0 radical (unpaired) electrons. The van der Waals surface area contributed by atoms with Gasteiger partial charge in [-0.15, -0.1) is 0 Å². The lowest BCUT2D eigenvalue weighted by Crippen LogP contribution is -2.50. The number of nitrogen functional groups attached to an aromatic ring is 1. The minimum absolute atomic E-state index is 0.0301. The highest BCUT2D eigenvalue weighted by Crippen LogP contribution is 2.43. The van der Waals surface area contributed by atoms with Gasteiger partial charge in [-0.05, 0) is 57.7 Å². The van der Waals surface area contributed by atoms with Crippen molar-refractivity contribution in [3.8, 4) is 0 Å². The van der Waals surface area contributed by atoms with Crippen molar-refractivity contribution in [1.29, 1.82) is 0 Å². The average molecular weight is 658 g/mol. The summed E-state index contributed by atoms with van der Waals surface area (Å²) in [5.41, 5.74) is 6.47. The van der Waals surface area contributed by atoms with Crippen LogP contribution in [-0.4, -0.2) is 77.8 Å². The predicted molar refractivity (Wildman–Crippen MR) is 173 cm³/mol. The first-order chi connectivity index (χ1) is 22.2. The van der Waals surface area contributed by atoms with E-state index in [2.05, 4.69) is 23.6 Å². The molecule has 0 bridgehead atoms. The Kier molecular flexibility index (Phi) is 12.4. The second-order valence-electron chi connectivity index (χ2n) is 13.0. The number of esters is 1. The van der Waals surface area contributed by atoms with Gasteiger partial charge in [-0.25, -0.2) is 4.39 Å². The molecule has 0 aliphatic carbocycles. The molecular weight excluding hydrogens is 609 g/mol. The van der Waals surface area contributed by atoms with Crippen molar-refractivity contribution >= 4 is 23.5 Å². The van der Waals surface area contributed by atoms with E-state index in [0.29, 0.717) is 30.7 Å². The number of aliphatic hydroxyl groups is 1. The van der Waals surface area contributed by atoms with Crippen LogP contribution in [0.4, 0.5) is 10.1 Å². The number of allylic oxidation sites excluding steroid dienone is 2. The molecule has 1 spiro atoms. The van der Waals surface area contributed by atoms with Gasteiger partial charge in [-0.2, -0.15) is 0 Å². The molecule has 1 aromatic rings. The molecule has 12 heteroatoms. The van der Waals surface area contributed by atoms with Gasteiger partial charge in [0.05, 0.1) is 37.4 Å². The number of epoxide rings is 1. The number of carbonyl (C=O) groups excluding carboxylic acids is 3. The van der Waals surface area contributed by atoms with Gasteiger partial charge in [0.1, 0.15) is 29.7 Å². The van der Waals surface area contributed by atoms with Crippen LogP contribution in [0.2, 0.25) is 0 Å². The van der Waals surface area contributed by atoms with Gasteiger partial charge < -0.3 is 40.4 Å². The molecule has 0 saturated carbocycles. The Hall–Kier alpha value is -3.58. The molecule has 3 aliphatic rings. The maximum Gasteiger partial charge on any atom is 0.303 e. The van der Waals surface area contributed by atoms with Crippen LogP contribution in [-0.2, 0) is 39.9 Å². The van der Waals surface area contributed by atoms with Crippen LogP contribution in [0, 0.1) is 11.7 Å². The monoisotopic (exact) mass is 657 g/mol. The molecule has 3 heterocycles. The lowest BCUT2D eigenvalue weighted by Gasteiger charge is -2.39. The molecule has 2 amide bonds. The molecule has 9 atom stereocenters. The Bertz CT molecular complexity index is 1380. The van der Waals surface area contributed by atoms with E-state index >= 15 is 0 Å². The van der Waals surface area contributed by atoms with E-state index in [-0.39, 0.29) is 48.9 Å². The number of hydrogen-bond acceptors (Lipinski definition) is 9. The summed E-state index contributed by atoms with van der Waals surface area (Å²) in [4.78, 5) is 36.1. The standard InChI is InChI=1S/C35H48FN3O8/c1-20(6-11-30-21(2)14-29(23(4)46-30)39-32(41)13-8-22(3)45-24(5)40)7-12-31-34(43)35(19-44-35)17-27(47-31)16-33(42)38-18-25-9-10-26(37)15-28(25)36/h6-10,12-13,15,21-23,27,29-31,34,43H,11,14,16-19,37H2,1-5H3,(H,38,42)(H,39,41)/b12-7+,13-8?,20-6+/t21-,22?,23+,27+,29+,30-,31+,34+,35+/m0/s1. The third-order valence-corrected chi connectivity index (χ3v) is 8.89. The van der Waals surface area contributed by atoms with E-state index in [1.165, 1.54) is 31.2 Å². The molecule has 11 nitrogen and oxygen atoms in total. The van der Waals surface area contributed by atoms with Crippen LogP contribution < -0.4 is 16.4 Å². The number of halogens is 1. The van der Waals surface area contributed by atoms with Crippen molar-refractivity contribution in [1.82, 2.24) is 10.6 Å². The largest absolute Gasteiger partial charge is 0.459 e. The summed E-state index contributed by atoms with van der Waals surface area (Å²) < 4.78 is 37.1. The quantitative estimate of drug-likeness (QED) is 0.0868. The fraction of sp³-hybridized carbons (Fsp3) is 0.571. The molecule has 3 aliphatic heterocycles. The van der Waals surface area contributed by atoms with Crippen molar-refractivity contribution in [2.45, 2.75) is 115 Å². The molecule has 3 fully saturated rings. The molecular formula is C35H48FN3O8. The molecule has 3 saturated heterocycles. The SMILES string of the molecule is CC(=O)OC(C)C=CC(=O)N[C@@H]1C[C@H](C)[C@H](C/C=C(C)/C=C/[C@H]2O[C@H](CC(=O)NCc3ccc(N)cc3F)C[C@@]3(CO3)[C@@H]2O)O[C@@H]1C. The first-order valence-corrected chi connectivity index (χ1v) is 16.2. The second-order valence-corrected chi connectivity index (χ2v) is 13.0. The zero-order valence-electron chi connectivity index (χ0n) is 27.7. The summed E-state index contributed by atoms with van der Waals surface area (Å²) in [6.45, 7) is 9.42. The van der Waals surface area contributed by atoms with Crippen LogP contribution in [0.3, 0.4) is 0 Å². The zero-order chi connectivity index (χ0) is 34.3. The first-order valence-electron chi connectivity index (χ1n) is 16.2. The highest BCUT2D eigenvalue weighted by atomic mass is 19.1. The molecule has 47 heavy (non-hydrogen) atoms. The normalized spacial score (nSPS) is 31.6. The Morgan fingerprint density at radius 3 is 2.64 bits per heavy atom. The Balaban J connectivity index is 1.26. The van der Waals surface area contributed by atoms with E-state index in [9.17, 15) is 23.9 Å². The lowest BCUT2D eigenvalue weighted by molar-refractivity contribution is -0.145. The topological polar surface area (TPSA) is 162 Å². The maximum absolute atomic E-state index is 14.1. The number of anilines is 1. The highest BCUT2D eigenvalue weighted by Gasteiger charge is 2.58. The number of carbonyl (C=O) groups is 3. The summed E-state index contributed by atoms with van der Waals surface area (Å²) in [7, 11) is 0. The number of nitrogens with two attached hydrogens (primary N) is 1. The van der Waals surface area contributed by atoms with Gasteiger partial charge in [-0.3, -0.25) is 14.4 Å². The minimum atomic E-state index is -0.871. The second kappa shape index (κ2) is 16.0. The molecule has 1 aromatic carbocycles. The molecule has 258 valence electrons. The molecule has 0 aromatic heterocycles. The molecule has 1 unspecified atom stereocenters. The predicted octanol–water partition coefficient (Wildman–Crippen LogP) is 3.40. The van der Waals surface area contributed by atoms with E-state index in [1.54, 1.807) is 19.1 Å². The number of amides is 2. The number of benzene rings is 1. The lowest BCUT2D eigenvalue weighted by atomic mass is 9.87. The van der Waals surface area contributed by atoms with Gasteiger partial charge in [0, 0.05) is 37.2 Å². The average Bonchev–Trinajstić information content (AvgIpc) is 3.77. The van der Waals surface area contributed by atoms with Crippen LogP contribution >= 0.6 is 0 Å². The smallest absolute Gasteiger partial charge is 0.303 e. The number of nitrogens with one attached hydrogen (secondary N) is 2. The summed E-state index contributed by atoms with van der Waals surface area (Å²) in [5.74, 6) is -1.26. The summed E-state index contributed by atoms with van der Waals surface area (Å²) in [6.07, 6.45) is 7.79. The zero-order valence-corrected chi connectivity index (χ0v) is 27.7. The summed E-state index contributed by atoms with van der Waals surface area (Å²) >= 11 is 0. The van der Waals surface area contributed by atoms with Crippen molar-refractivity contribution in [3.63, 3.8) is 0 Å². The third-order valence-electron chi connectivity index (χ3n) is 8.89. The van der Waals surface area contributed by atoms with Crippen LogP contribution in [0.5, 0.6) is 0 Å². The van der Waals surface area contributed by atoms with Crippen LogP contribution in [0.25, 0.3) is 0 Å². The van der Waals surface area contributed by atoms with Crippen molar-refractivity contribution in [3.05, 3.63) is 65.5 Å². The van der Waals surface area contributed by atoms with Gasteiger partial charge >= 0.3 is 5.97 Å². The van der Waals surface area contributed by atoms with E-state index in [0.717, 1.165) is 12.0 Å². The van der Waals surface area contributed by atoms with Gasteiger partial charge in [0.2, 0.25) is 11.8 Å². The number of hydrogen-bond donors (Lipinski definition) is 4. The highest BCUT2D eigenvalue weighted by molar-refractivity contribution is 5.87. The van der Waals surface area contributed by atoms with E-state index in [1.807, 2.05) is 19.9 Å². The Morgan fingerprint density at radius 2 is 1.96 bits per heavy atom. The maximum atomic E-state index is 14.1. The first kappa shape index (κ1) is 36.3. The van der Waals surface area contributed by atoms with Gasteiger partial charge in [0.25, 0.3) is 0 Å². The van der Waals surface area contributed by atoms with Crippen molar-refractivity contribution in [2.24, 2.45) is 5.92 Å². The number of ether oxygens (including phenoxy) is 4. The molecule has 5 N–H and O–H groups in total. The summed E-state index contributed by atoms with van der Waals surface area (Å²) in [6, 6.07) is 4.19. The summed E-state index contributed by atoms with van der Waals surface area (Å²) in [5, 5.41) is 16.7. The number of aliphatic hydroxyl groups excluding tert-OH is 1. The van der Waals surface area contributed by atoms with E-state index < -0.39 is 41.8 Å². The molecule has 4 rings (SSSR count). The van der Waals surface area contributed by atoms with Crippen molar-refractivity contribution in [2.75, 3.05) is 12.3 Å². The Morgan fingerprint density at radius 1 is 1.21 bits per heavy atom. The minimum Gasteiger partial charge on any atom is -0.459 e.